The van der Waals surface area contributed by atoms with Crippen molar-refractivity contribution >= 4 is 17.4 Å². The summed E-state index contributed by atoms with van der Waals surface area (Å²) in [7, 11) is 0. The summed E-state index contributed by atoms with van der Waals surface area (Å²) in [6, 6.07) is 1.64. The van der Waals surface area contributed by atoms with Crippen LogP contribution in [0.4, 0.5) is 0 Å². The fourth-order valence-corrected chi connectivity index (χ4v) is 2.23. The molecule has 0 atom stereocenters. The molecule has 1 heterocycles. The number of rotatable bonds is 2. The minimum Gasteiger partial charge on any atom is -0.452 e. The van der Waals surface area contributed by atoms with Crippen LogP contribution >= 0.6 is 11.6 Å². The summed E-state index contributed by atoms with van der Waals surface area (Å²) in [5, 5.41) is 0.202. The molecule has 0 saturated heterocycles. The first kappa shape index (κ1) is 11.5. The van der Waals surface area contributed by atoms with E-state index >= 15 is 0 Å². The van der Waals surface area contributed by atoms with E-state index in [4.69, 9.17) is 16.0 Å². The van der Waals surface area contributed by atoms with Gasteiger partial charge in [0.1, 0.15) is 0 Å². The van der Waals surface area contributed by atoms with Crippen molar-refractivity contribution in [3.8, 4) is 0 Å². The number of hydrogen-bond acceptors (Lipinski definition) is 2. The summed E-state index contributed by atoms with van der Waals surface area (Å²) in [6.07, 6.45) is 10.1. The van der Waals surface area contributed by atoms with Crippen molar-refractivity contribution in [2.45, 2.75) is 38.5 Å². The largest absolute Gasteiger partial charge is 0.452 e. The molecule has 0 unspecified atom stereocenters. The van der Waals surface area contributed by atoms with Crippen molar-refractivity contribution in [3.63, 3.8) is 0 Å². The highest BCUT2D eigenvalue weighted by atomic mass is 35.5. The molecular weight excluding hydrogens is 224 g/mol. The molecule has 1 aliphatic rings. The normalized spacial score (nSPS) is 20.7. The van der Waals surface area contributed by atoms with Gasteiger partial charge in [0.15, 0.2) is 5.78 Å². The van der Waals surface area contributed by atoms with Crippen molar-refractivity contribution in [2.24, 2.45) is 0 Å². The molecule has 1 aromatic rings. The SMILES string of the molecule is O=C(/C1=C/CCCCCC1)c1ccoc1Cl. The molecule has 86 valence electrons. The molecule has 2 nitrogen and oxygen atoms in total. The molecule has 0 aliphatic heterocycles. The van der Waals surface area contributed by atoms with Gasteiger partial charge < -0.3 is 4.42 Å². The average Bonchev–Trinajstić information content (AvgIpc) is 2.63. The molecule has 0 fully saturated rings. The minimum absolute atomic E-state index is 0.0284. The van der Waals surface area contributed by atoms with Crippen LogP contribution in [-0.4, -0.2) is 5.78 Å². The summed E-state index contributed by atoms with van der Waals surface area (Å²) in [4.78, 5) is 12.1. The molecule has 2 rings (SSSR count). The Bertz CT molecular complexity index is 404. The molecule has 0 amide bonds. The van der Waals surface area contributed by atoms with Gasteiger partial charge in [0, 0.05) is 0 Å². The van der Waals surface area contributed by atoms with Gasteiger partial charge in [-0.05, 0) is 48.9 Å². The van der Waals surface area contributed by atoms with E-state index in [0.717, 1.165) is 24.8 Å². The maximum absolute atomic E-state index is 12.1. The highest BCUT2D eigenvalue weighted by Gasteiger charge is 2.17. The lowest BCUT2D eigenvalue weighted by molar-refractivity contribution is 0.102. The van der Waals surface area contributed by atoms with E-state index < -0.39 is 0 Å². The number of furan rings is 1. The van der Waals surface area contributed by atoms with Gasteiger partial charge in [0.2, 0.25) is 5.22 Å². The fourth-order valence-electron chi connectivity index (χ4n) is 2.03. The summed E-state index contributed by atoms with van der Waals surface area (Å²) in [5.74, 6) is 0.0284. The summed E-state index contributed by atoms with van der Waals surface area (Å²) < 4.78 is 4.95. The lowest BCUT2D eigenvalue weighted by atomic mass is 9.95. The number of carbonyl (C=O) groups is 1. The second-order valence-electron chi connectivity index (χ2n) is 4.12. The van der Waals surface area contributed by atoms with Crippen LogP contribution in [0.3, 0.4) is 0 Å². The van der Waals surface area contributed by atoms with Crippen molar-refractivity contribution in [1.29, 1.82) is 0 Å². The van der Waals surface area contributed by atoms with Crippen LogP contribution in [0.1, 0.15) is 48.9 Å². The number of halogens is 1. The van der Waals surface area contributed by atoms with Gasteiger partial charge in [-0.3, -0.25) is 4.79 Å². The molecular formula is C13H15ClO2. The van der Waals surface area contributed by atoms with E-state index in [9.17, 15) is 4.79 Å². The van der Waals surface area contributed by atoms with E-state index in [-0.39, 0.29) is 11.0 Å². The molecule has 0 saturated carbocycles. The standard InChI is InChI=1S/C13H15ClO2/c14-13-11(8-9-16-13)12(15)10-6-4-2-1-3-5-7-10/h6,8-9H,1-5,7H2/b10-6+. The first-order chi connectivity index (χ1) is 7.79. The molecule has 3 heteroatoms. The first-order valence-corrected chi connectivity index (χ1v) is 6.13. The van der Waals surface area contributed by atoms with E-state index in [0.29, 0.717) is 5.56 Å². The first-order valence-electron chi connectivity index (χ1n) is 5.76. The molecule has 1 aliphatic carbocycles. The van der Waals surface area contributed by atoms with Crippen LogP contribution in [-0.2, 0) is 0 Å². The quantitative estimate of drug-likeness (QED) is 0.715. The van der Waals surface area contributed by atoms with Gasteiger partial charge in [0.25, 0.3) is 0 Å². The second kappa shape index (κ2) is 5.35. The topological polar surface area (TPSA) is 30.2 Å². The summed E-state index contributed by atoms with van der Waals surface area (Å²) in [5.41, 5.74) is 1.39. The average molecular weight is 239 g/mol. The predicted octanol–water partition coefficient (Wildman–Crippen LogP) is 4.40. The monoisotopic (exact) mass is 238 g/mol. The molecule has 0 aromatic carbocycles. The third kappa shape index (κ3) is 2.56. The lowest BCUT2D eigenvalue weighted by Gasteiger charge is -2.09. The Hall–Kier alpha value is -1.02. The number of carbonyl (C=O) groups excluding carboxylic acids is 1. The summed E-state index contributed by atoms with van der Waals surface area (Å²) >= 11 is 5.81. The van der Waals surface area contributed by atoms with Gasteiger partial charge in [-0.25, -0.2) is 0 Å². The molecule has 0 N–H and O–H groups in total. The van der Waals surface area contributed by atoms with E-state index in [1.807, 2.05) is 0 Å². The lowest BCUT2D eigenvalue weighted by Crippen LogP contribution is -2.04. The Morgan fingerprint density at radius 1 is 1.25 bits per heavy atom. The Balaban J connectivity index is 2.17. The molecule has 0 radical (unpaired) electrons. The number of ketones is 1. The zero-order valence-electron chi connectivity index (χ0n) is 9.17. The van der Waals surface area contributed by atoms with Crippen LogP contribution in [0.25, 0.3) is 0 Å². The highest BCUT2D eigenvalue weighted by Crippen LogP contribution is 2.24. The van der Waals surface area contributed by atoms with Gasteiger partial charge in [-0.1, -0.05) is 18.9 Å². The van der Waals surface area contributed by atoms with E-state index in [1.54, 1.807) is 6.07 Å². The third-order valence-corrected chi connectivity index (χ3v) is 3.24. The number of hydrogen-bond donors (Lipinski definition) is 0. The van der Waals surface area contributed by atoms with Gasteiger partial charge in [-0.2, -0.15) is 0 Å². The van der Waals surface area contributed by atoms with Crippen molar-refractivity contribution in [1.82, 2.24) is 0 Å². The van der Waals surface area contributed by atoms with Crippen molar-refractivity contribution in [2.75, 3.05) is 0 Å². The zero-order chi connectivity index (χ0) is 11.4. The Morgan fingerprint density at radius 3 is 2.81 bits per heavy atom. The Labute approximate surface area is 100 Å². The fraction of sp³-hybridized carbons (Fsp3) is 0.462. The smallest absolute Gasteiger partial charge is 0.204 e. The molecule has 0 bridgehead atoms. The Kier molecular flexibility index (Phi) is 3.83. The van der Waals surface area contributed by atoms with Crippen LogP contribution in [0.15, 0.2) is 28.4 Å². The van der Waals surface area contributed by atoms with Crippen molar-refractivity contribution in [3.05, 3.63) is 34.8 Å². The van der Waals surface area contributed by atoms with Gasteiger partial charge in [-0.15, -0.1) is 0 Å². The van der Waals surface area contributed by atoms with E-state index in [2.05, 4.69) is 6.08 Å². The van der Waals surface area contributed by atoms with Crippen molar-refractivity contribution < 1.29 is 9.21 Å². The number of allylic oxidation sites excluding steroid dienone is 2. The third-order valence-electron chi connectivity index (χ3n) is 2.95. The van der Waals surface area contributed by atoms with Crippen LogP contribution in [0.2, 0.25) is 5.22 Å². The van der Waals surface area contributed by atoms with Gasteiger partial charge >= 0.3 is 0 Å². The molecule has 0 spiro atoms. The number of Topliss-reactive ketones (excluding diaryl/α,β-unsaturated/α-hetero) is 1. The molecule has 1 aromatic heterocycles. The predicted molar refractivity (Wildman–Crippen MR) is 63.8 cm³/mol. The Morgan fingerprint density at radius 2 is 2.06 bits per heavy atom. The van der Waals surface area contributed by atoms with Crippen LogP contribution < -0.4 is 0 Å². The van der Waals surface area contributed by atoms with Gasteiger partial charge in [0.05, 0.1) is 11.8 Å². The minimum atomic E-state index is 0.0284. The maximum Gasteiger partial charge on any atom is 0.204 e. The zero-order valence-corrected chi connectivity index (χ0v) is 9.93. The van der Waals surface area contributed by atoms with E-state index in [1.165, 1.54) is 25.5 Å². The van der Waals surface area contributed by atoms with Crippen LogP contribution in [0, 0.1) is 0 Å². The van der Waals surface area contributed by atoms with Crippen LogP contribution in [0.5, 0.6) is 0 Å². The highest BCUT2D eigenvalue weighted by molar-refractivity contribution is 6.33. The molecule has 16 heavy (non-hydrogen) atoms. The summed E-state index contributed by atoms with van der Waals surface area (Å²) in [6.45, 7) is 0. The maximum atomic E-state index is 12.1. The second-order valence-corrected chi connectivity index (χ2v) is 4.46.